The van der Waals surface area contributed by atoms with Gasteiger partial charge in [0.25, 0.3) is 0 Å². The molecule has 2 aliphatic heterocycles. The highest BCUT2D eigenvalue weighted by Gasteiger charge is 2.41. The molecule has 5 nitrogen and oxygen atoms in total. The number of amides is 1. The van der Waals surface area contributed by atoms with Crippen LogP contribution in [0, 0.1) is 0 Å². The minimum absolute atomic E-state index is 0.213. The van der Waals surface area contributed by atoms with Gasteiger partial charge in [-0.1, -0.05) is 35.6 Å². The molecule has 1 aromatic rings. The molecule has 28 heavy (non-hydrogen) atoms. The summed E-state index contributed by atoms with van der Waals surface area (Å²) in [5, 5.41) is 0. The Bertz CT molecular complexity index is 850. The molecule has 2 saturated heterocycles. The van der Waals surface area contributed by atoms with Crippen molar-refractivity contribution in [2.45, 2.75) is 36.3 Å². The van der Waals surface area contributed by atoms with E-state index in [1.807, 2.05) is 24.4 Å². The average molecular weight is 396 g/mol. The standard InChI is InChI=1S/C22H25N3O2S/c23-21(26)22(10-14-27-15-11-22)28-25-12-8-18(9-13-25)20-7-6-19(16-24-20)17-4-2-1-3-5-17/h1-2,4,6-7,16,18H,8-15H2,(H2,23,26). The van der Waals surface area contributed by atoms with E-state index in [1.54, 1.807) is 11.9 Å². The molecule has 2 fully saturated rings. The van der Waals surface area contributed by atoms with Crippen molar-refractivity contribution in [2.24, 2.45) is 5.73 Å². The fourth-order valence-corrected chi connectivity index (χ4v) is 5.23. The molecular formula is C22H25N3O2S. The van der Waals surface area contributed by atoms with Gasteiger partial charge in [0.15, 0.2) is 0 Å². The van der Waals surface area contributed by atoms with Crippen molar-refractivity contribution >= 4 is 23.4 Å². The molecule has 4 rings (SSSR count). The molecule has 146 valence electrons. The molecule has 6 heteroatoms. The van der Waals surface area contributed by atoms with E-state index >= 15 is 0 Å². The number of carbonyl (C=O) groups excluding carboxylic acids is 1. The number of allylic oxidation sites excluding steroid dienone is 4. The molecule has 1 amide bonds. The van der Waals surface area contributed by atoms with Crippen LogP contribution in [0.3, 0.4) is 0 Å². The van der Waals surface area contributed by atoms with Crippen molar-refractivity contribution in [3.05, 3.63) is 59.3 Å². The summed E-state index contributed by atoms with van der Waals surface area (Å²) in [5.74, 6) is 0.242. The van der Waals surface area contributed by atoms with Gasteiger partial charge < -0.3 is 10.5 Å². The SMILES string of the molecule is NC(=O)C1(SN2CCC(c3ccc(C4=C=C=CC=C4)cn3)CC2)CCOCC1. The zero-order valence-electron chi connectivity index (χ0n) is 15.9. The van der Waals surface area contributed by atoms with Crippen LogP contribution >= 0.6 is 11.9 Å². The molecule has 0 radical (unpaired) electrons. The third-order valence-electron chi connectivity index (χ3n) is 5.67. The second kappa shape index (κ2) is 8.52. The Labute approximate surface area is 170 Å². The molecular weight excluding hydrogens is 370 g/mol. The van der Waals surface area contributed by atoms with Gasteiger partial charge in [-0.25, -0.2) is 4.31 Å². The fourth-order valence-electron chi connectivity index (χ4n) is 3.90. The third kappa shape index (κ3) is 4.17. The van der Waals surface area contributed by atoms with E-state index in [4.69, 9.17) is 15.5 Å². The van der Waals surface area contributed by atoms with Gasteiger partial charge in [0.2, 0.25) is 5.91 Å². The molecule has 2 N–H and O–H groups in total. The second-order valence-electron chi connectivity index (χ2n) is 7.45. The lowest BCUT2D eigenvalue weighted by Gasteiger charge is -2.40. The van der Waals surface area contributed by atoms with Gasteiger partial charge in [-0.3, -0.25) is 9.78 Å². The summed E-state index contributed by atoms with van der Waals surface area (Å²) in [6, 6.07) is 4.25. The first-order valence-electron chi connectivity index (χ1n) is 9.83. The van der Waals surface area contributed by atoms with Crippen LogP contribution in [-0.2, 0) is 9.53 Å². The van der Waals surface area contributed by atoms with Gasteiger partial charge in [-0.2, -0.15) is 0 Å². The Morgan fingerprint density at radius 1 is 1.29 bits per heavy atom. The number of hydrogen-bond acceptors (Lipinski definition) is 5. The summed E-state index contributed by atoms with van der Waals surface area (Å²) < 4.78 is 7.24. The van der Waals surface area contributed by atoms with Gasteiger partial charge in [-0.15, -0.1) is 0 Å². The fraction of sp³-hybridized carbons (Fsp3) is 0.455. The quantitative estimate of drug-likeness (QED) is 0.612. The minimum Gasteiger partial charge on any atom is -0.381 e. The summed E-state index contributed by atoms with van der Waals surface area (Å²) in [4.78, 5) is 16.8. The van der Waals surface area contributed by atoms with Crippen molar-refractivity contribution in [2.75, 3.05) is 26.3 Å². The molecule has 1 aliphatic carbocycles. The predicted molar refractivity (Wildman–Crippen MR) is 111 cm³/mol. The number of pyridine rings is 1. The summed E-state index contributed by atoms with van der Waals surface area (Å²) in [6.45, 7) is 3.10. The van der Waals surface area contributed by atoms with E-state index in [9.17, 15) is 4.79 Å². The van der Waals surface area contributed by atoms with Gasteiger partial charge in [0.1, 0.15) is 4.75 Å². The Kier molecular flexibility index (Phi) is 5.86. The Hall–Kier alpha value is -2.07. The van der Waals surface area contributed by atoms with Crippen molar-refractivity contribution in [3.8, 4) is 0 Å². The van der Waals surface area contributed by atoms with Crippen LogP contribution in [0.2, 0.25) is 0 Å². The van der Waals surface area contributed by atoms with Crippen molar-refractivity contribution in [1.82, 2.24) is 9.29 Å². The molecule has 0 aromatic carbocycles. The number of aromatic nitrogens is 1. The molecule has 0 atom stereocenters. The van der Waals surface area contributed by atoms with Crippen molar-refractivity contribution < 1.29 is 9.53 Å². The Balaban J connectivity index is 1.36. The molecule has 0 bridgehead atoms. The van der Waals surface area contributed by atoms with Crippen LogP contribution in [0.5, 0.6) is 0 Å². The van der Waals surface area contributed by atoms with E-state index in [0.29, 0.717) is 32.0 Å². The van der Waals surface area contributed by atoms with E-state index in [0.717, 1.165) is 42.8 Å². The largest absolute Gasteiger partial charge is 0.381 e. The monoisotopic (exact) mass is 395 g/mol. The number of piperidine rings is 1. The normalized spacial score (nSPS) is 22.2. The van der Waals surface area contributed by atoms with Crippen LogP contribution in [-0.4, -0.2) is 46.2 Å². The number of carbonyl (C=O) groups is 1. The van der Waals surface area contributed by atoms with E-state index < -0.39 is 4.75 Å². The summed E-state index contributed by atoms with van der Waals surface area (Å²) >= 11 is 1.64. The van der Waals surface area contributed by atoms with Crippen molar-refractivity contribution in [1.29, 1.82) is 0 Å². The first-order chi connectivity index (χ1) is 13.7. The number of primary amides is 1. The lowest BCUT2D eigenvalue weighted by Crippen LogP contribution is -2.48. The maximum Gasteiger partial charge on any atom is 0.235 e. The Morgan fingerprint density at radius 2 is 2.07 bits per heavy atom. The molecule has 0 unspecified atom stereocenters. The highest BCUT2D eigenvalue weighted by Crippen LogP contribution is 2.40. The van der Waals surface area contributed by atoms with Gasteiger partial charge in [0.05, 0.1) is 0 Å². The number of nitrogens with two attached hydrogens (primary N) is 1. The first-order valence-corrected chi connectivity index (χ1v) is 10.6. The van der Waals surface area contributed by atoms with Crippen LogP contribution in [0.15, 0.2) is 48.0 Å². The molecule has 1 aromatic heterocycles. The summed E-state index contributed by atoms with van der Waals surface area (Å²) in [5.41, 5.74) is 15.1. The summed E-state index contributed by atoms with van der Waals surface area (Å²) in [7, 11) is 0. The minimum atomic E-state index is -0.506. The average Bonchev–Trinajstić information content (AvgIpc) is 2.76. The Morgan fingerprint density at radius 3 is 2.68 bits per heavy atom. The number of hydrogen-bond donors (Lipinski definition) is 1. The lowest BCUT2D eigenvalue weighted by atomic mass is 9.93. The maximum atomic E-state index is 12.1. The molecule has 3 aliphatic rings. The van der Waals surface area contributed by atoms with Crippen LogP contribution in [0.1, 0.15) is 42.9 Å². The van der Waals surface area contributed by atoms with E-state index in [1.165, 1.54) is 0 Å². The van der Waals surface area contributed by atoms with Crippen LogP contribution in [0.25, 0.3) is 5.57 Å². The highest BCUT2D eigenvalue weighted by molar-refractivity contribution is 7.99. The number of nitrogens with zero attached hydrogens (tertiary/aromatic N) is 2. The zero-order valence-corrected chi connectivity index (χ0v) is 16.7. The first kappa shape index (κ1) is 19.3. The topological polar surface area (TPSA) is 68.5 Å². The predicted octanol–water partition coefficient (Wildman–Crippen LogP) is 3.21. The maximum absolute atomic E-state index is 12.1. The third-order valence-corrected chi connectivity index (χ3v) is 7.25. The molecule has 0 spiro atoms. The van der Waals surface area contributed by atoms with Crippen LogP contribution < -0.4 is 5.73 Å². The summed E-state index contributed by atoms with van der Waals surface area (Å²) in [6.07, 6.45) is 11.2. The molecule has 3 heterocycles. The smallest absolute Gasteiger partial charge is 0.235 e. The second-order valence-corrected chi connectivity index (χ2v) is 8.93. The lowest BCUT2D eigenvalue weighted by molar-refractivity contribution is -0.122. The van der Waals surface area contributed by atoms with Gasteiger partial charge in [-0.05, 0) is 43.9 Å². The van der Waals surface area contributed by atoms with E-state index in [-0.39, 0.29) is 5.91 Å². The van der Waals surface area contributed by atoms with Gasteiger partial charge >= 0.3 is 0 Å². The zero-order chi connectivity index (χ0) is 19.4. The van der Waals surface area contributed by atoms with Crippen molar-refractivity contribution in [3.63, 3.8) is 0 Å². The number of ether oxygens (including phenoxy) is 1. The van der Waals surface area contributed by atoms with Crippen LogP contribution in [0.4, 0.5) is 0 Å². The van der Waals surface area contributed by atoms with E-state index in [2.05, 4.69) is 27.9 Å². The van der Waals surface area contributed by atoms with Gasteiger partial charge in [0, 0.05) is 55.2 Å². The highest BCUT2D eigenvalue weighted by atomic mass is 32.2. The number of rotatable bonds is 5. The molecule has 0 saturated carbocycles.